The summed E-state index contributed by atoms with van der Waals surface area (Å²) in [5.41, 5.74) is 1.91. The van der Waals surface area contributed by atoms with Gasteiger partial charge >= 0.3 is 5.97 Å². The number of halogens is 3. The van der Waals surface area contributed by atoms with E-state index in [-0.39, 0.29) is 11.6 Å². The molecule has 8 heteroatoms. The monoisotopic (exact) mass is 539 g/mol. The van der Waals surface area contributed by atoms with Crippen molar-refractivity contribution in [3.05, 3.63) is 62.9 Å². The van der Waals surface area contributed by atoms with Crippen LogP contribution in [0.15, 0.2) is 30.3 Å². The first-order valence-electron chi connectivity index (χ1n) is 12.6. The van der Waals surface area contributed by atoms with Crippen LogP contribution in [0, 0.1) is 11.7 Å². The van der Waals surface area contributed by atoms with Gasteiger partial charge in [-0.15, -0.1) is 0 Å². The number of carbonyl (C=O) groups excluding carboxylic acids is 1. The molecule has 198 valence electrons. The van der Waals surface area contributed by atoms with E-state index >= 15 is 0 Å². The number of piperidine rings is 1. The summed E-state index contributed by atoms with van der Waals surface area (Å²) in [6, 6.07) is 8.63. The molecule has 0 radical (unpaired) electrons. The maximum Gasteiger partial charge on any atom is 0.340 e. The van der Waals surface area contributed by atoms with Crippen LogP contribution in [0.25, 0.3) is 0 Å². The van der Waals surface area contributed by atoms with E-state index in [9.17, 15) is 9.18 Å². The molecule has 4 rings (SSSR count). The van der Waals surface area contributed by atoms with E-state index in [0.717, 1.165) is 49.9 Å². The lowest BCUT2D eigenvalue weighted by Crippen LogP contribution is -2.39. The van der Waals surface area contributed by atoms with Crippen molar-refractivity contribution < 1.29 is 23.4 Å². The van der Waals surface area contributed by atoms with Crippen molar-refractivity contribution >= 4 is 29.2 Å². The number of benzene rings is 2. The zero-order chi connectivity index (χ0) is 26.2. The topological polar surface area (TPSA) is 48.0 Å². The molecule has 1 saturated carbocycles. The Bertz CT molecular complexity index is 1000. The van der Waals surface area contributed by atoms with Gasteiger partial charge < -0.3 is 14.2 Å². The molecule has 1 saturated heterocycles. The fourth-order valence-electron chi connectivity index (χ4n) is 4.65. The summed E-state index contributed by atoms with van der Waals surface area (Å²) in [5, 5.41) is 1.23. The third-order valence-corrected chi connectivity index (χ3v) is 7.12. The minimum absolute atomic E-state index is 0.0321. The number of ether oxygens (including phenoxy) is 3. The summed E-state index contributed by atoms with van der Waals surface area (Å²) in [6.45, 7) is 6.84. The molecule has 1 unspecified atom stereocenters. The first kappa shape index (κ1) is 28.7. The molecule has 2 aliphatic rings. The largest absolute Gasteiger partial charge is 0.493 e. The highest BCUT2D eigenvalue weighted by atomic mass is 35.5. The van der Waals surface area contributed by atoms with E-state index in [1.165, 1.54) is 13.2 Å². The second kappa shape index (κ2) is 13.6. The van der Waals surface area contributed by atoms with Crippen LogP contribution >= 0.6 is 23.2 Å². The predicted molar refractivity (Wildman–Crippen MR) is 142 cm³/mol. The van der Waals surface area contributed by atoms with Gasteiger partial charge in [0.2, 0.25) is 0 Å². The maximum absolute atomic E-state index is 14.5. The highest BCUT2D eigenvalue weighted by Crippen LogP contribution is 2.45. The minimum Gasteiger partial charge on any atom is -0.493 e. The Balaban J connectivity index is 0.00000176. The molecule has 1 heterocycles. The SMILES string of the molecule is CC.COCC(c1cc(Cl)cc(Cl)c1)N1CCC(COc2cc(F)c(C(=O)OC)cc2C2CC2)CC1. The van der Waals surface area contributed by atoms with Gasteiger partial charge in [0, 0.05) is 23.2 Å². The Morgan fingerprint density at radius 3 is 2.22 bits per heavy atom. The van der Waals surface area contributed by atoms with E-state index in [0.29, 0.717) is 40.8 Å². The Morgan fingerprint density at radius 2 is 1.67 bits per heavy atom. The number of likely N-dealkylation sites (tertiary alicyclic amines) is 1. The standard InChI is InChI=1S/C26H30Cl2FNO4.C2H6/c1-32-15-24(18-9-19(27)11-20(28)10-18)30-7-5-16(6-8-30)14-34-25-13-23(29)22(26(31)33-2)12-21(25)17-3-4-17;1-2/h9-13,16-17,24H,3-8,14-15H2,1-2H3;1-2H3. The van der Waals surface area contributed by atoms with Crippen molar-refractivity contribution in [2.24, 2.45) is 5.92 Å². The second-order valence-electron chi connectivity index (χ2n) is 9.10. The third kappa shape index (κ3) is 7.34. The molecule has 2 fully saturated rings. The normalized spacial score (nSPS) is 17.2. The fourth-order valence-corrected chi connectivity index (χ4v) is 5.20. The van der Waals surface area contributed by atoms with Gasteiger partial charge in [-0.05, 0) is 86.0 Å². The molecular formula is C28H36Cl2FNO4. The molecule has 0 aromatic heterocycles. The molecule has 1 aliphatic heterocycles. The van der Waals surface area contributed by atoms with Gasteiger partial charge in [0.25, 0.3) is 0 Å². The van der Waals surface area contributed by atoms with Crippen LogP contribution < -0.4 is 4.74 Å². The fraction of sp³-hybridized carbons (Fsp3) is 0.536. The average Bonchev–Trinajstić information content (AvgIpc) is 3.72. The number of methoxy groups -OCH3 is 2. The van der Waals surface area contributed by atoms with E-state index in [4.69, 9.17) is 37.4 Å². The van der Waals surface area contributed by atoms with Crippen LogP contribution in [0.5, 0.6) is 5.75 Å². The molecule has 2 aromatic rings. The Kier molecular flexibility index (Phi) is 10.9. The number of nitrogens with zero attached hydrogens (tertiary/aromatic N) is 1. The Labute approximate surface area is 223 Å². The smallest absolute Gasteiger partial charge is 0.340 e. The molecule has 5 nitrogen and oxygen atoms in total. The Morgan fingerprint density at radius 1 is 1.03 bits per heavy atom. The zero-order valence-corrected chi connectivity index (χ0v) is 23.0. The highest BCUT2D eigenvalue weighted by Gasteiger charge is 2.31. The molecular weight excluding hydrogens is 504 g/mol. The number of rotatable bonds is 9. The molecule has 1 aliphatic carbocycles. The van der Waals surface area contributed by atoms with Crippen molar-refractivity contribution in [1.82, 2.24) is 4.90 Å². The molecule has 0 bridgehead atoms. The Hall–Kier alpha value is -1.86. The number of hydrogen-bond acceptors (Lipinski definition) is 5. The van der Waals surface area contributed by atoms with Gasteiger partial charge in [0.05, 0.1) is 31.9 Å². The minimum atomic E-state index is -0.662. The van der Waals surface area contributed by atoms with Crippen LogP contribution in [0.2, 0.25) is 10.0 Å². The summed E-state index contributed by atoms with van der Waals surface area (Å²) >= 11 is 12.5. The van der Waals surface area contributed by atoms with Crippen molar-refractivity contribution in [2.75, 3.05) is 40.5 Å². The molecule has 0 amide bonds. The lowest BCUT2D eigenvalue weighted by molar-refractivity contribution is 0.0556. The lowest BCUT2D eigenvalue weighted by Gasteiger charge is -2.37. The van der Waals surface area contributed by atoms with Crippen LogP contribution in [-0.4, -0.2) is 51.4 Å². The number of hydrogen-bond donors (Lipinski definition) is 0. The summed E-state index contributed by atoms with van der Waals surface area (Å²) in [6.07, 6.45) is 3.96. The van der Waals surface area contributed by atoms with Crippen LogP contribution in [0.1, 0.15) is 73.0 Å². The lowest BCUT2D eigenvalue weighted by atomic mass is 9.95. The highest BCUT2D eigenvalue weighted by molar-refractivity contribution is 6.34. The zero-order valence-electron chi connectivity index (χ0n) is 21.5. The van der Waals surface area contributed by atoms with Crippen molar-refractivity contribution in [1.29, 1.82) is 0 Å². The van der Waals surface area contributed by atoms with Crippen molar-refractivity contribution in [2.45, 2.75) is 51.5 Å². The van der Waals surface area contributed by atoms with E-state index in [2.05, 4.69) is 4.90 Å². The second-order valence-corrected chi connectivity index (χ2v) is 9.97. The van der Waals surface area contributed by atoms with Gasteiger partial charge in [-0.1, -0.05) is 37.0 Å². The first-order valence-corrected chi connectivity index (χ1v) is 13.4. The van der Waals surface area contributed by atoms with Crippen LogP contribution in [0.3, 0.4) is 0 Å². The first-order chi connectivity index (χ1) is 17.4. The van der Waals surface area contributed by atoms with E-state index in [1.54, 1.807) is 19.2 Å². The summed E-state index contributed by atoms with van der Waals surface area (Å²) < 4.78 is 30.8. The molecule has 2 aromatic carbocycles. The van der Waals surface area contributed by atoms with Gasteiger partial charge in [0.15, 0.2) is 0 Å². The predicted octanol–water partition coefficient (Wildman–Crippen LogP) is 7.30. The average molecular weight is 541 g/mol. The van der Waals surface area contributed by atoms with E-state index < -0.39 is 11.8 Å². The summed E-state index contributed by atoms with van der Waals surface area (Å²) in [4.78, 5) is 14.3. The number of carbonyl (C=O) groups is 1. The van der Waals surface area contributed by atoms with Gasteiger partial charge in [-0.2, -0.15) is 0 Å². The van der Waals surface area contributed by atoms with Gasteiger partial charge in [0.1, 0.15) is 11.6 Å². The number of esters is 1. The van der Waals surface area contributed by atoms with Crippen molar-refractivity contribution in [3.63, 3.8) is 0 Å². The molecule has 0 spiro atoms. The molecule has 1 atom stereocenters. The summed E-state index contributed by atoms with van der Waals surface area (Å²) in [7, 11) is 2.95. The quantitative estimate of drug-likeness (QED) is 0.313. The van der Waals surface area contributed by atoms with Gasteiger partial charge in [-0.25, -0.2) is 9.18 Å². The van der Waals surface area contributed by atoms with Gasteiger partial charge in [-0.3, -0.25) is 4.90 Å². The van der Waals surface area contributed by atoms with Crippen molar-refractivity contribution in [3.8, 4) is 5.75 Å². The molecule has 0 N–H and O–H groups in total. The summed E-state index contributed by atoms with van der Waals surface area (Å²) in [5.74, 6) is -0.0486. The maximum atomic E-state index is 14.5. The third-order valence-electron chi connectivity index (χ3n) is 6.68. The van der Waals surface area contributed by atoms with Crippen LogP contribution in [0.4, 0.5) is 4.39 Å². The van der Waals surface area contributed by atoms with E-state index in [1.807, 2.05) is 26.0 Å². The van der Waals surface area contributed by atoms with Crippen LogP contribution in [-0.2, 0) is 9.47 Å². The molecule has 36 heavy (non-hydrogen) atoms.